The third kappa shape index (κ3) is 19.8. The maximum absolute atomic E-state index is 14.3. The van der Waals surface area contributed by atoms with Crippen LogP contribution < -0.4 is 0 Å². The zero-order chi connectivity index (χ0) is 66.9. The summed E-state index contributed by atoms with van der Waals surface area (Å²) >= 11 is 0. The third-order valence-corrected chi connectivity index (χ3v) is 17.3. The van der Waals surface area contributed by atoms with Crippen LogP contribution in [0, 0.1) is 0 Å². The summed E-state index contributed by atoms with van der Waals surface area (Å²) in [5.41, 5.74) is 7.14. The molecule has 12 rings (SSSR count). The molecule has 0 saturated carbocycles. The molecule has 17 nitrogen and oxygen atoms in total. The molecule has 0 radical (unpaired) electrons. The van der Waals surface area contributed by atoms with Gasteiger partial charge in [-0.15, -0.1) is 0 Å². The van der Waals surface area contributed by atoms with Crippen molar-refractivity contribution in [3.8, 4) is 0 Å². The lowest BCUT2D eigenvalue weighted by molar-refractivity contribution is -0.391. The fraction of sp³-hybridized carbons (Fsp3) is 0.321. The van der Waals surface area contributed by atoms with E-state index in [0.29, 0.717) is 0 Å². The number of hydrogen-bond acceptors (Lipinski definition) is 17. The molecule has 510 valence electrons. The second kappa shape index (κ2) is 36.6. The maximum atomic E-state index is 14.3. The van der Waals surface area contributed by atoms with E-state index in [0.717, 1.165) is 44.5 Å². The van der Waals surface area contributed by atoms with Gasteiger partial charge in [-0.25, -0.2) is 4.79 Å². The molecule has 3 fully saturated rings. The smallest absolute Gasteiger partial charge is 0.338 e. The molecule has 3 aliphatic heterocycles. The molecule has 17 heteroatoms. The Balaban J connectivity index is 0.966. The molecule has 15 atom stereocenters. The number of ether oxygens (including phenoxy) is 14. The Morgan fingerprint density at radius 2 is 0.551 bits per heavy atom. The molecule has 0 bridgehead atoms. The Morgan fingerprint density at radius 3 is 0.908 bits per heavy atom. The van der Waals surface area contributed by atoms with E-state index >= 15 is 0 Å². The zero-order valence-electron chi connectivity index (χ0n) is 54.4. The minimum Gasteiger partial charge on any atom is -0.450 e. The average Bonchev–Trinajstić information content (AvgIpc) is 0.767. The topological polar surface area (TPSA) is 187 Å². The van der Waals surface area contributed by atoms with Gasteiger partial charge in [0, 0.05) is 0 Å². The largest absolute Gasteiger partial charge is 0.450 e. The monoisotopic (exact) mass is 1330 g/mol. The minimum atomic E-state index is -1.73. The molecular weight excluding hydrogens is 1240 g/mol. The van der Waals surface area contributed by atoms with Crippen LogP contribution >= 0.6 is 0 Å². The van der Waals surface area contributed by atoms with Gasteiger partial charge < -0.3 is 76.5 Å². The lowest BCUT2D eigenvalue weighted by atomic mass is 9.95. The number of hydrogen-bond donors (Lipinski definition) is 2. The first-order valence-corrected chi connectivity index (χ1v) is 33.4. The first-order valence-electron chi connectivity index (χ1n) is 33.4. The minimum absolute atomic E-state index is 0.00114. The molecule has 9 aromatic carbocycles. The summed E-state index contributed by atoms with van der Waals surface area (Å²) in [4.78, 5) is 14.3. The van der Waals surface area contributed by atoms with Gasteiger partial charge >= 0.3 is 5.97 Å². The van der Waals surface area contributed by atoms with Crippen molar-refractivity contribution in [1.82, 2.24) is 0 Å². The summed E-state index contributed by atoms with van der Waals surface area (Å²) in [6, 6.07) is 86.1. The maximum Gasteiger partial charge on any atom is 0.338 e. The van der Waals surface area contributed by atoms with Crippen LogP contribution in [0.3, 0.4) is 0 Å². The predicted octanol–water partition coefficient (Wildman–Crippen LogP) is 12.1. The van der Waals surface area contributed by atoms with E-state index < -0.39 is 98.1 Å². The Morgan fingerprint density at radius 1 is 0.286 bits per heavy atom. The van der Waals surface area contributed by atoms with Crippen LogP contribution in [0.15, 0.2) is 273 Å². The molecule has 2 N–H and O–H groups in total. The number of carbonyl (C=O) groups is 1. The molecule has 0 aromatic heterocycles. The summed E-state index contributed by atoms with van der Waals surface area (Å²) in [5, 5.41) is 25.0. The summed E-state index contributed by atoms with van der Waals surface area (Å²) < 4.78 is 97.6. The highest BCUT2D eigenvalue weighted by Gasteiger charge is 2.57. The molecule has 0 aliphatic carbocycles. The second-order valence-corrected chi connectivity index (χ2v) is 24.4. The molecule has 98 heavy (non-hydrogen) atoms. The van der Waals surface area contributed by atoms with Crippen molar-refractivity contribution in [3.05, 3.63) is 323 Å². The molecular formula is C81H84O17. The van der Waals surface area contributed by atoms with Crippen molar-refractivity contribution in [2.45, 2.75) is 145 Å². The Kier molecular flexibility index (Phi) is 26.1. The highest BCUT2D eigenvalue weighted by atomic mass is 16.8. The van der Waals surface area contributed by atoms with Gasteiger partial charge in [-0.2, -0.15) is 0 Å². The van der Waals surface area contributed by atoms with Crippen molar-refractivity contribution in [2.75, 3.05) is 19.8 Å². The standard InChI is InChI=1S/C81H84O17/c82-69-66(54-85-46-57-28-10-1-11-29-57)94-80(76(91-52-63-40-22-7-23-41-63)72(69)88-49-60-34-16-4-17-35-60)98-71-68(56-87-48-59-32-14-3-15-33-59)95-81(77(92-53-64-42-24-8-25-43-64)74(71)90-51-62-38-20-6-21-39-62)97-70-67(55-86-47-58-30-12-2-13-31-58)93-79(84)75(96-78(83)65-44-26-9-27-45-65)73(70)89-50-61-36-18-5-19-37-61/h1-45,66-77,79-82,84H,46-56H2/t66-,67-,68-,69-,70-,71-,72+,73+,74+,75-,76+,77+,79-,80+,81+/m1/s1. The van der Waals surface area contributed by atoms with Gasteiger partial charge in [-0.1, -0.05) is 261 Å². The molecule has 0 amide bonds. The zero-order valence-corrected chi connectivity index (χ0v) is 54.4. The average molecular weight is 1330 g/mol. The summed E-state index contributed by atoms with van der Waals surface area (Å²) in [7, 11) is 0. The highest BCUT2D eigenvalue weighted by Crippen LogP contribution is 2.39. The van der Waals surface area contributed by atoms with Crippen LogP contribution in [0.4, 0.5) is 0 Å². The number of carbonyl (C=O) groups excluding carboxylic acids is 1. The van der Waals surface area contributed by atoms with Crippen LogP contribution in [0.1, 0.15) is 54.9 Å². The molecule has 9 aromatic rings. The van der Waals surface area contributed by atoms with Gasteiger partial charge in [0.1, 0.15) is 67.1 Å². The van der Waals surface area contributed by atoms with Crippen molar-refractivity contribution >= 4 is 5.97 Å². The van der Waals surface area contributed by atoms with Crippen LogP contribution in [-0.2, 0) is 119 Å². The first-order chi connectivity index (χ1) is 48.3. The molecule has 3 saturated heterocycles. The number of esters is 1. The number of aliphatic hydroxyl groups is 2. The number of benzene rings is 9. The summed E-state index contributed by atoms with van der Waals surface area (Å²) in [5.74, 6) is -0.728. The van der Waals surface area contributed by atoms with E-state index in [1.807, 2.05) is 243 Å². The Bertz CT molecular complexity index is 3690. The van der Waals surface area contributed by atoms with Gasteiger partial charge in [0.15, 0.2) is 25.0 Å². The number of rotatable bonds is 33. The number of aliphatic hydroxyl groups excluding tert-OH is 2. The van der Waals surface area contributed by atoms with Crippen molar-refractivity contribution in [2.24, 2.45) is 0 Å². The first kappa shape index (κ1) is 69.7. The summed E-state index contributed by atoms with van der Waals surface area (Å²) in [6.07, 6.45) is -18.7. The van der Waals surface area contributed by atoms with Crippen LogP contribution in [0.25, 0.3) is 0 Å². The van der Waals surface area contributed by atoms with Crippen LogP contribution in [-0.4, -0.2) is 128 Å². The fourth-order valence-corrected chi connectivity index (χ4v) is 12.2. The summed E-state index contributed by atoms with van der Waals surface area (Å²) in [6.45, 7) is 0.548. The van der Waals surface area contributed by atoms with Crippen molar-refractivity contribution in [3.63, 3.8) is 0 Å². The van der Waals surface area contributed by atoms with Gasteiger partial charge in [-0.3, -0.25) is 0 Å². The van der Waals surface area contributed by atoms with E-state index in [-0.39, 0.29) is 78.2 Å². The van der Waals surface area contributed by atoms with E-state index in [1.54, 1.807) is 30.3 Å². The Labute approximate surface area is 572 Å². The SMILES string of the molecule is O=C(O[C@@H]1[C@@H](OCc2ccccc2)[C@H](O[C@@H]2O[C@H](COCc3ccccc3)[C@@H](O[C@@H]3O[C@H](COCc4ccccc4)[C@@H](O)[C@H](OCc4ccccc4)[C@@H]3OCc3ccccc3)[C@H](OCc3ccccc3)[C@@H]2OCc2ccccc2)[C@@H](COCc2ccccc2)O[C@H]1O)c1ccccc1. The molecule has 0 unspecified atom stereocenters. The third-order valence-electron chi connectivity index (χ3n) is 17.3. The van der Waals surface area contributed by atoms with Gasteiger partial charge in [0.2, 0.25) is 0 Å². The van der Waals surface area contributed by atoms with Gasteiger partial charge in [0.05, 0.1) is 78.2 Å². The van der Waals surface area contributed by atoms with Crippen molar-refractivity contribution in [1.29, 1.82) is 0 Å². The highest BCUT2D eigenvalue weighted by molar-refractivity contribution is 5.89. The Hall–Kier alpha value is -8.15. The van der Waals surface area contributed by atoms with Crippen LogP contribution in [0.2, 0.25) is 0 Å². The molecule has 3 aliphatic rings. The van der Waals surface area contributed by atoms with Crippen molar-refractivity contribution < 1.29 is 81.3 Å². The van der Waals surface area contributed by atoms with E-state index in [2.05, 4.69) is 0 Å². The predicted molar refractivity (Wildman–Crippen MR) is 363 cm³/mol. The fourth-order valence-electron chi connectivity index (χ4n) is 12.2. The van der Waals surface area contributed by atoms with Gasteiger partial charge in [0.25, 0.3) is 0 Å². The normalized spacial score (nSPS) is 25.5. The molecule has 0 spiro atoms. The lowest BCUT2D eigenvalue weighted by Crippen LogP contribution is -2.68. The van der Waals surface area contributed by atoms with Crippen LogP contribution in [0.5, 0.6) is 0 Å². The van der Waals surface area contributed by atoms with Gasteiger partial charge in [-0.05, 0) is 56.6 Å². The van der Waals surface area contributed by atoms with E-state index in [1.165, 1.54) is 0 Å². The second-order valence-electron chi connectivity index (χ2n) is 24.4. The van der Waals surface area contributed by atoms with E-state index in [4.69, 9.17) is 66.3 Å². The lowest BCUT2D eigenvalue weighted by Gasteiger charge is -2.51. The van der Waals surface area contributed by atoms with E-state index in [9.17, 15) is 15.0 Å². The quantitative estimate of drug-likeness (QED) is 0.0370. The molecule has 3 heterocycles.